The molecule has 77 valence electrons. The van der Waals surface area contributed by atoms with Gasteiger partial charge in [-0.3, -0.25) is 0 Å². The zero-order valence-electron chi connectivity index (χ0n) is 9.35. The second-order valence-corrected chi connectivity index (χ2v) is 3.58. The van der Waals surface area contributed by atoms with Gasteiger partial charge in [-0.25, -0.2) is 0 Å². The van der Waals surface area contributed by atoms with Crippen molar-refractivity contribution in [3.8, 4) is 0 Å². The fraction of sp³-hybridized carbons (Fsp3) is 0.0667. The zero-order chi connectivity index (χ0) is 10.5. The summed E-state index contributed by atoms with van der Waals surface area (Å²) in [6, 6.07) is 19.5. The van der Waals surface area contributed by atoms with Gasteiger partial charge in [-0.05, 0) is 12.5 Å². The Labute approximate surface area is 122 Å². The standard InChI is InChI=1S/C15H13.Y/c1-13-7-9-15(10-8-13)12-11-14-5-3-2-4-6-14;/h2-3,5-12H,1H3;/q-1;. The summed E-state index contributed by atoms with van der Waals surface area (Å²) in [5, 5.41) is 0. The molecule has 0 fully saturated rings. The summed E-state index contributed by atoms with van der Waals surface area (Å²) >= 11 is 0. The predicted molar refractivity (Wildman–Crippen MR) is 65.4 cm³/mol. The van der Waals surface area contributed by atoms with Crippen molar-refractivity contribution in [1.82, 2.24) is 0 Å². The molecule has 2 aromatic carbocycles. The maximum absolute atomic E-state index is 3.06. The van der Waals surface area contributed by atoms with Crippen molar-refractivity contribution >= 4 is 12.2 Å². The molecule has 0 atom stereocenters. The van der Waals surface area contributed by atoms with Gasteiger partial charge in [0.25, 0.3) is 0 Å². The Morgan fingerprint density at radius 2 is 1.62 bits per heavy atom. The monoisotopic (exact) mass is 282 g/mol. The Morgan fingerprint density at radius 3 is 2.25 bits per heavy atom. The van der Waals surface area contributed by atoms with E-state index in [-0.39, 0.29) is 32.7 Å². The Balaban J connectivity index is 0.00000128. The van der Waals surface area contributed by atoms with Crippen LogP contribution in [0.3, 0.4) is 0 Å². The normalized spacial score (nSPS) is 10.1. The molecule has 0 unspecified atom stereocenters. The first-order valence-corrected chi connectivity index (χ1v) is 5.05. The largest absolute Gasteiger partial charge is 0.183 e. The molecule has 2 rings (SSSR count). The quantitative estimate of drug-likeness (QED) is 0.577. The molecule has 1 heteroatoms. The van der Waals surface area contributed by atoms with Crippen LogP contribution in [0.2, 0.25) is 0 Å². The van der Waals surface area contributed by atoms with Crippen LogP contribution in [-0.2, 0) is 32.7 Å². The minimum atomic E-state index is 0. The fourth-order valence-electron chi connectivity index (χ4n) is 1.38. The van der Waals surface area contributed by atoms with E-state index in [1.807, 2.05) is 18.2 Å². The predicted octanol–water partition coefficient (Wildman–Crippen LogP) is 3.96. The topological polar surface area (TPSA) is 0 Å². The third kappa shape index (κ3) is 4.04. The van der Waals surface area contributed by atoms with Crippen LogP contribution in [0.5, 0.6) is 0 Å². The van der Waals surface area contributed by atoms with Gasteiger partial charge in [0.15, 0.2) is 0 Å². The van der Waals surface area contributed by atoms with Gasteiger partial charge in [0, 0.05) is 32.7 Å². The Kier molecular flexibility index (Phi) is 5.66. The van der Waals surface area contributed by atoms with E-state index in [9.17, 15) is 0 Å². The van der Waals surface area contributed by atoms with E-state index in [0.717, 1.165) is 0 Å². The molecular formula is C15H13Y-. The third-order valence-corrected chi connectivity index (χ3v) is 2.28. The van der Waals surface area contributed by atoms with E-state index < -0.39 is 0 Å². The minimum Gasteiger partial charge on any atom is -0.183 e. The van der Waals surface area contributed by atoms with Crippen molar-refractivity contribution < 1.29 is 32.7 Å². The van der Waals surface area contributed by atoms with Crippen LogP contribution in [0.4, 0.5) is 0 Å². The van der Waals surface area contributed by atoms with Crippen LogP contribution in [-0.4, -0.2) is 0 Å². The van der Waals surface area contributed by atoms with Crippen LogP contribution in [0.1, 0.15) is 16.7 Å². The molecule has 0 aliphatic heterocycles. The van der Waals surface area contributed by atoms with Crippen LogP contribution in [0, 0.1) is 13.0 Å². The molecule has 16 heavy (non-hydrogen) atoms. The van der Waals surface area contributed by atoms with Crippen molar-refractivity contribution in [3.05, 3.63) is 71.3 Å². The first-order valence-electron chi connectivity index (χ1n) is 5.05. The number of aryl methyl sites for hydroxylation is 1. The van der Waals surface area contributed by atoms with Crippen molar-refractivity contribution in [2.75, 3.05) is 0 Å². The fourth-order valence-corrected chi connectivity index (χ4v) is 1.38. The van der Waals surface area contributed by atoms with Gasteiger partial charge in [0.05, 0.1) is 0 Å². The minimum absolute atomic E-state index is 0. The molecule has 0 spiro atoms. The van der Waals surface area contributed by atoms with Crippen LogP contribution >= 0.6 is 0 Å². The van der Waals surface area contributed by atoms with Gasteiger partial charge < -0.3 is 0 Å². The molecular weight excluding hydrogens is 269 g/mol. The summed E-state index contributed by atoms with van der Waals surface area (Å²) in [4.78, 5) is 0. The van der Waals surface area contributed by atoms with Gasteiger partial charge >= 0.3 is 0 Å². The summed E-state index contributed by atoms with van der Waals surface area (Å²) in [7, 11) is 0. The molecule has 0 amide bonds. The molecule has 0 aromatic heterocycles. The summed E-state index contributed by atoms with van der Waals surface area (Å²) in [5.74, 6) is 0. The van der Waals surface area contributed by atoms with Gasteiger partial charge in [-0.2, -0.15) is 30.3 Å². The van der Waals surface area contributed by atoms with E-state index in [0.29, 0.717) is 0 Å². The number of hydrogen-bond donors (Lipinski definition) is 0. The summed E-state index contributed by atoms with van der Waals surface area (Å²) in [6.45, 7) is 2.10. The number of hydrogen-bond acceptors (Lipinski definition) is 0. The van der Waals surface area contributed by atoms with E-state index in [1.54, 1.807) is 0 Å². The van der Waals surface area contributed by atoms with Crippen molar-refractivity contribution in [1.29, 1.82) is 0 Å². The second kappa shape index (κ2) is 6.78. The van der Waals surface area contributed by atoms with Crippen LogP contribution in [0.15, 0.2) is 48.5 Å². The van der Waals surface area contributed by atoms with Crippen molar-refractivity contribution in [2.24, 2.45) is 0 Å². The molecule has 0 N–H and O–H groups in total. The average Bonchev–Trinajstić information content (AvgIpc) is 2.30. The van der Waals surface area contributed by atoms with E-state index in [1.165, 1.54) is 16.7 Å². The molecule has 0 saturated heterocycles. The van der Waals surface area contributed by atoms with Gasteiger partial charge in [0.2, 0.25) is 0 Å². The van der Waals surface area contributed by atoms with Gasteiger partial charge in [-0.15, -0.1) is 11.6 Å². The summed E-state index contributed by atoms with van der Waals surface area (Å²) in [5.41, 5.74) is 3.70. The molecule has 0 saturated carbocycles. The summed E-state index contributed by atoms with van der Waals surface area (Å²) in [6.07, 6.45) is 4.21. The summed E-state index contributed by atoms with van der Waals surface area (Å²) < 4.78 is 0. The Morgan fingerprint density at radius 1 is 0.938 bits per heavy atom. The maximum Gasteiger partial charge on any atom is 0 e. The average molecular weight is 282 g/mol. The zero-order valence-corrected chi connectivity index (χ0v) is 12.2. The van der Waals surface area contributed by atoms with Crippen LogP contribution < -0.4 is 0 Å². The van der Waals surface area contributed by atoms with E-state index >= 15 is 0 Å². The molecule has 0 heterocycles. The number of benzene rings is 2. The second-order valence-electron chi connectivity index (χ2n) is 3.58. The van der Waals surface area contributed by atoms with Crippen LogP contribution in [0.25, 0.3) is 12.2 Å². The first-order chi connectivity index (χ1) is 7.34. The SMILES string of the molecule is Cc1ccc(C=Cc2c[c-]ccc2)cc1.[Y]. The van der Waals surface area contributed by atoms with E-state index in [2.05, 4.69) is 55.5 Å². The van der Waals surface area contributed by atoms with E-state index in [4.69, 9.17) is 0 Å². The smallest absolute Gasteiger partial charge is 0 e. The van der Waals surface area contributed by atoms with Crippen molar-refractivity contribution in [3.63, 3.8) is 0 Å². The van der Waals surface area contributed by atoms with Gasteiger partial charge in [-0.1, -0.05) is 35.9 Å². The molecule has 1 radical (unpaired) electrons. The molecule has 2 aromatic rings. The van der Waals surface area contributed by atoms with Gasteiger partial charge in [0.1, 0.15) is 0 Å². The Bertz CT molecular complexity index is 441. The molecule has 0 aliphatic carbocycles. The molecule has 0 bridgehead atoms. The Hall–Kier alpha value is -0.716. The molecule has 0 nitrogen and oxygen atoms in total. The molecule has 0 aliphatic rings. The maximum atomic E-state index is 3.06. The first kappa shape index (κ1) is 13.3. The third-order valence-electron chi connectivity index (χ3n) is 2.28. The number of rotatable bonds is 2. The van der Waals surface area contributed by atoms with Crippen molar-refractivity contribution in [2.45, 2.75) is 6.92 Å².